The first-order valence-corrected chi connectivity index (χ1v) is 6.29. The van der Waals surface area contributed by atoms with Gasteiger partial charge in [-0.2, -0.15) is 0 Å². The van der Waals surface area contributed by atoms with Crippen LogP contribution < -0.4 is 15.8 Å². The molecule has 0 aliphatic carbocycles. The Balaban J connectivity index is 2.13. The van der Waals surface area contributed by atoms with Gasteiger partial charge in [0.25, 0.3) is 5.91 Å². The fourth-order valence-electron chi connectivity index (χ4n) is 1.54. The molecule has 0 aliphatic heterocycles. The molecule has 0 atom stereocenters. The van der Waals surface area contributed by atoms with Gasteiger partial charge in [-0.25, -0.2) is 0 Å². The molecule has 0 aliphatic rings. The van der Waals surface area contributed by atoms with Crippen LogP contribution in [0, 0.1) is 0 Å². The maximum absolute atomic E-state index is 12.1. The summed E-state index contributed by atoms with van der Waals surface area (Å²) in [7, 11) is 0. The van der Waals surface area contributed by atoms with E-state index >= 15 is 0 Å². The summed E-state index contributed by atoms with van der Waals surface area (Å²) in [4.78, 5) is 16.2. The number of carbonyl (C=O) groups excluding carboxylic acids is 1. The van der Waals surface area contributed by atoms with Gasteiger partial charge < -0.3 is 15.8 Å². The Morgan fingerprint density at radius 1 is 1.25 bits per heavy atom. The Bertz CT molecular complexity index is 617. The van der Waals surface area contributed by atoms with Crippen molar-refractivity contribution in [2.75, 3.05) is 11.9 Å². The summed E-state index contributed by atoms with van der Waals surface area (Å²) in [6.45, 7) is 0.122. The summed E-state index contributed by atoms with van der Waals surface area (Å²) in [6, 6.07) is 10.4. The molecular weight excluding hydrogens is 274 g/mol. The van der Waals surface area contributed by atoms with Crippen LogP contribution >= 0.6 is 12.2 Å². The number of thiocarbonyl (C=S) groups is 1. The number of carbonyl (C=O) groups is 1. The number of rotatable bonds is 5. The quantitative estimate of drug-likeness (QED) is 0.822. The van der Waals surface area contributed by atoms with Crippen molar-refractivity contribution >= 4 is 28.8 Å². The largest absolute Gasteiger partial charge is 0.484 e. The van der Waals surface area contributed by atoms with Crippen molar-refractivity contribution in [3.8, 4) is 5.75 Å². The van der Waals surface area contributed by atoms with Crippen molar-refractivity contribution < 1.29 is 9.53 Å². The molecule has 0 bridgehead atoms. The molecule has 0 radical (unpaired) electrons. The van der Waals surface area contributed by atoms with Gasteiger partial charge >= 0.3 is 0 Å². The molecule has 1 aromatic carbocycles. The maximum Gasteiger partial charge on any atom is 0.255 e. The molecule has 0 spiro atoms. The van der Waals surface area contributed by atoms with Gasteiger partial charge in [0.1, 0.15) is 17.3 Å². The predicted molar refractivity (Wildman–Crippen MR) is 80.9 cm³/mol. The molecule has 1 amide bonds. The van der Waals surface area contributed by atoms with Crippen LogP contribution in [0.1, 0.15) is 10.4 Å². The summed E-state index contributed by atoms with van der Waals surface area (Å²) in [5, 5.41) is 2.77. The molecule has 6 heteroatoms. The first-order chi connectivity index (χ1) is 9.66. The van der Waals surface area contributed by atoms with E-state index < -0.39 is 0 Å². The SMILES string of the molecule is NC(=S)COc1ccccc1NC(=O)c1ccncc1. The average molecular weight is 287 g/mol. The fourth-order valence-corrected chi connectivity index (χ4v) is 1.60. The van der Waals surface area contributed by atoms with E-state index in [0.29, 0.717) is 17.0 Å². The maximum atomic E-state index is 12.1. The number of nitrogens with two attached hydrogens (primary N) is 1. The van der Waals surface area contributed by atoms with Crippen LogP contribution in [0.3, 0.4) is 0 Å². The normalized spacial score (nSPS) is 9.80. The number of para-hydroxylation sites is 2. The number of anilines is 1. The lowest BCUT2D eigenvalue weighted by atomic mass is 10.2. The summed E-state index contributed by atoms with van der Waals surface area (Å²) >= 11 is 4.76. The van der Waals surface area contributed by atoms with Gasteiger partial charge in [-0.15, -0.1) is 0 Å². The third-order valence-corrected chi connectivity index (χ3v) is 2.57. The molecule has 5 nitrogen and oxygen atoms in total. The summed E-state index contributed by atoms with van der Waals surface area (Å²) in [5.41, 5.74) is 6.47. The number of amides is 1. The third-order valence-electron chi connectivity index (χ3n) is 2.45. The Labute approximate surface area is 121 Å². The van der Waals surface area contributed by atoms with Gasteiger partial charge in [-0.1, -0.05) is 24.4 Å². The molecule has 0 saturated heterocycles. The molecule has 1 aromatic heterocycles. The monoisotopic (exact) mass is 287 g/mol. The molecule has 102 valence electrons. The Hall–Kier alpha value is -2.47. The van der Waals surface area contributed by atoms with Crippen LogP contribution in [-0.4, -0.2) is 22.5 Å². The number of pyridine rings is 1. The van der Waals surface area contributed by atoms with Gasteiger partial charge in [-0.05, 0) is 24.3 Å². The number of hydrogen-bond acceptors (Lipinski definition) is 4. The first-order valence-electron chi connectivity index (χ1n) is 5.88. The van der Waals surface area contributed by atoms with Crippen LogP contribution in [0.2, 0.25) is 0 Å². The number of nitrogens with one attached hydrogen (secondary N) is 1. The van der Waals surface area contributed by atoms with Crippen LogP contribution in [0.4, 0.5) is 5.69 Å². The molecule has 20 heavy (non-hydrogen) atoms. The standard InChI is InChI=1S/C14H13N3O2S/c15-13(20)9-19-12-4-2-1-3-11(12)17-14(18)10-5-7-16-8-6-10/h1-8H,9H2,(H2,15,20)(H,17,18). The number of ether oxygens (including phenoxy) is 1. The lowest BCUT2D eigenvalue weighted by molar-refractivity contribution is 0.102. The zero-order valence-electron chi connectivity index (χ0n) is 10.6. The lowest BCUT2D eigenvalue weighted by Gasteiger charge is -2.11. The number of aromatic nitrogens is 1. The summed E-state index contributed by atoms with van der Waals surface area (Å²) in [5.74, 6) is 0.279. The van der Waals surface area contributed by atoms with Gasteiger partial charge in [-0.3, -0.25) is 9.78 Å². The minimum absolute atomic E-state index is 0.122. The highest BCUT2D eigenvalue weighted by molar-refractivity contribution is 7.80. The van der Waals surface area contributed by atoms with Crippen molar-refractivity contribution in [3.63, 3.8) is 0 Å². The third kappa shape index (κ3) is 3.76. The number of nitrogens with zero attached hydrogens (tertiary/aromatic N) is 1. The molecule has 3 N–H and O–H groups in total. The lowest BCUT2D eigenvalue weighted by Crippen LogP contribution is -2.19. The van der Waals surface area contributed by atoms with E-state index in [-0.39, 0.29) is 17.5 Å². The van der Waals surface area contributed by atoms with Crippen molar-refractivity contribution in [3.05, 3.63) is 54.4 Å². The molecule has 2 rings (SSSR count). The van der Waals surface area contributed by atoms with Crippen molar-refractivity contribution in [1.82, 2.24) is 4.98 Å². The minimum Gasteiger partial charge on any atom is -0.484 e. The van der Waals surface area contributed by atoms with Crippen molar-refractivity contribution in [2.24, 2.45) is 5.73 Å². The second-order valence-corrected chi connectivity index (χ2v) is 4.47. The highest BCUT2D eigenvalue weighted by atomic mass is 32.1. The highest BCUT2D eigenvalue weighted by Crippen LogP contribution is 2.24. The molecular formula is C14H13N3O2S. The van der Waals surface area contributed by atoms with Gasteiger partial charge in [0, 0.05) is 18.0 Å². The van der Waals surface area contributed by atoms with Gasteiger partial charge in [0.05, 0.1) is 5.69 Å². The molecule has 0 unspecified atom stereocenters. The smallest absolute Gasteiger partial charge is 0.255 e. The first kappa shape index (κ1) is 14.0. The highest BCUT2D eigenvalue weighted by Gasteiger charge is 2.09. The zero-order chi connectivity index (χ0) is 14.4. The van der Waals surface area contributed by atoms with Crippen LogP contribution in [0.25, 0.3) is 0 Å². The summed E-state index contributed by atoms with van der Waals surface area (Å²) < 4.78 is 5.44. The second kappa shape index (κ2) is 6.63. The minimum atomic E-state index is -0.237. The van der Waals surface area contributed by atoms with Crippen molar-refractivity contribution in [2.45, 2.75) is 0 Å². The van der Waals surface area contributed by atoms with Gasteiger partial charge in [0.2, 0.25) is 0 Å². The van der Waals surface area contributed by atoms with Gasteiger partial charge in [0.15, 0.2) is 0 Å². The zero-order valence-corrected chi connectivity index (χ0v) is 11.4. The average Bonchev–Trinajstić information content (AvgIpc) is 2.47. The molecule has 1 heterocycles. The predicted octanol–water partition coefficient (Wildman–Crippen LogP) is 2.00. The van der Waals surface area contributed by atoms with Crippen molar-refractivity contribution in [1.29, 1.82) is 0 Å². The second-order valence-electron chi connectivity index (χ2n) is 3.94. The molecule has 2 aromatic rings. The topological polar surface area (TPSA) is 77.2 Å². The number of hydrogen-bond donors (Lipinski definition) is 2. The Kier molecular flexibility index (Phi) is 4.62. The van der Waals surface area contributed by atoms with E-state index in [4.69, 9.17) is 22.7 Å². The Morgan fingerprint density at radius 3 is 2.65 bits per heavy atom. The van der Waals surface area contributed by atoms with E-state index in [2.05, 4.69) is 10.3 Å². The van der Waals surface area contributed by atoms with Crippen LogP contribution in [0.5, 0.6) is 5.75 Å². The molecule has 0 saturated carbocycles. The van der Waals surface area contributed by atoms with E-state index in [0.717, 1.165) is 0 Å². The van der Waals surface area contributed by atoms with E-state index in [9.17, 15) is 4.79 Å². The van der Waals surface area contributed by atoms with E-state index in [1.807, 2.05) is 0 Å². The fraction of sp³-hybridized carbons (Fsp3) is 0.0714. The summed E-state index contributed by atoms with van der Waals surface area (Å²) in [6.07, 6.45) is 3.12. The van der Waals surface area contributed by atoms with E-state index in [1.165, 1.54) is 0 Å². The molecule has 0 fully saturated rings. The van der Waals surface area contributed by atoms with Crippen LogP contribution in [-0.2, 0) is 0 Å². The van der Waals surface area contributed by atoms with E-state index in [1.54, 1.807) is 48.8 Å². The van der Waals surface area contributed by atoms with Crippen LogP contribution in [0.15, 0.2) is 48.8 Å². The number of benzene rings is 1. The Morgan fingerprint density at radius 2 is 1.95 bits per heavy atom.